The van der Waals surface area contributed by atoms with Gasteiger partial charge in [0.1, 0.15) is 5.69 Å². The molecule has 0 bridgehead atoms. The summed E-state index contributed by atoms with van der Waals surface area (Å²) in [7, 11) is 0. The first-order valence-corrected chi connectivity index (χ1v) is 29.6. The Hall–Kier alpha value is -7.14. The van der Waals surface area contributed by atoms with Crippen molar-refractivity contribution in [2.24, 2.45) is 0 Å². The molecular formula is C77H77Ir4N5O6-4. The van der Waals surface area contributed by atoms with Crippen molar-refractivity contribution >= 4 is 23.6 Å². The van der Waals surface area contributed by atoms with Gasteiger partial charge in [0.05, 0.1) is 17.2 Å². The van der Waals surface area contributed by atoms with Crippen LogP contribution in [0.25, 0.3) is 6.08 Å². The Morgan fingerprint density at radius 2 is 0.837 bits per heavy atom. The van der Waals surface area contributed by atoms with E-state index in [1.807, 2.05) is 91.5 Å². The van der Waals surface area contributed by atoms with E-state index in [0.717, 1.165) is 42.8 Å². The maximum Gasteiger partial charge on any atom is 0.354 e. The largest absolute Gasteiger partial charge is 0.512 e. The molecular weight excluding hydrogens is 1860 g/mol. The Labute approximate surface area is 597 Å². The van der Waals surface area contributed by atoms with E-state index < -0.39 is 5.97 Å². The van der Waals surface area contributed by atoms with Gasteiger partial charge in [-0.3, -0.25) is 29.5 Å². The number of carboxylic acid groups (broad SMARTS) is 1. The van der Waals surface area contributed by atoms with Crippen molar-refractivity contribution in [3.63, 3.8) is 0 Å². The third kappa shape index (κ3) is 21.5. The number of fused-ring (bicyclic) bond motifs is 3. The summed E-state index contributed by atoms with van der Waals surface area (Å²) in [5.41, 5.74) is 14.1. The van der Waals surface area contributed by atoms with Crippen LogP contribution < -0.4 is 0 Å². The molecule has 0 spiro atoms. The molecule has 3 unspecified atom stereocenters. The Kier molecular flexibility index (Phi) is 33.3. The summed E-state index contributed by atoms with van der Waals surface area (Å²) in [5.74, 6) is -1.12. The van der Waals surface area contributed by atoms with E-state index in [-0.39, 0.29) is 131 Å². The Morgan fingerprint density at radius 1 is 0.435 bits per heavy atom. The van der Waals surface area contributed by atoms with Crippen molar-refractivity contribution < 1.29 is 110 Å². The number of ketones is 2. The van der Waals surface area contributed by atoms with E-state index in [9.17, 15) is 14.4 Å². The fourth-order valence-electron chi connectivity index (χ4n) is 11.6. The molecule has 0 saturated heterocycles. The first kappa shape index (κ1) is 79.1. The average molecular weight is 1940 g/mol. The second-order valence-corrected chi connectivity index (χ2v) is 22.6. The number of carbonyl (C=O) groups excluding carboxylic acids is 2. The molecule has 4 aromatic carbocycles. The number of nitrogens with zero attached hydrogens (tertiary/aromatic N) is 5. The van der Waals surface area contributed by atoms with Crippen molar-refractivity contribution in [1.29, 1.82) is 0 Å². The van der Waals surface area contributed by atoms with E-state index in [2.05, 4.69) is 167 Å². The number of hydrogen-bond acceptors (Lipinski definition) is 10. The summed E-state index contributed by atoms with van der Waals surface area (Å²) in [6.07, 6.45) is 25.2. The van der Waals surface area contributed by atoms with Crippen LogP contribution in [0.1, 0.15) is 159 Å². The number of allylic oxidation sites excluding steroid dienone is 5. The summed E-state index contributed by atoms with van der Waals surface area (Å²) < 4.78 is 0. The SMILES string of the molecule is CC(=O)C=C(C)O.CC(=O)C=C(C)O.CC1(c2ccccn2)C=Cc2ccc[c-]c21.CC1(c2ccccn2)CCc2ccc[c-]c21.CC1(c2ccccn2)CCc2ccc[c-]c21.O=C(O)c1ccccn1.[Ir].[Ir].[Ir].[Ir].[c-]1ccccc1C1(c2ccccn2)CCCC1. The molecule has 1 saturated carbocycles. The number of aryl methyl sites for hydroxylation is 2. The molecule has 5 heterocycles. The number of benzene rings is 4. The number of aliphatic hydroxyl groups excluding tert-OH is 2. The van der Waals surface area contributed by atoms with Gasteiger partial charge in [0.2, 0.25) is 0 Å². The summed E-state index contributed by atoms with van der Waals surface area (Å²) in [6.45, 7) is 12.4. The number of pyridine rings is 5. The quantitative estimate of drug-likeness (QED) is 0.0750. The molecule has 4 aliphatic rings. The third-order valence-electron chi connectivity index (χ3n) is 16.0. The van der Waals surface area contributed by atoms with Crippen LogP contribution in [0, 0.1) is 24.3 Å². The van der Waals surface area contributed by atoms with Crippen LogP contribution in [-0.4, -0.2) is 57.8 Å². The molecule has 13 rings (SSSR count). The molecule has 92 heavy (non-hydrogen) atoms. The molecule has 3 atom stereocenters. The zero-order valence-corrected chi connectivity index (χ0v) is 62.2. The zero-order chi connectivity index (χ0) is 63.0. The Balaban J connectivity index is 0.000000285. The molecule has 486 valence electrons. The molecule has 4 radical (unpaired) electrons. The molecule has 0 aliphatic heterocycles. The summed E-state index contributed by atoms with van der Waals surface area (Å²) in [6, 6.07) is 69.9. The smallest absolute Gasteiger partial charge is 0.354 e. The van der Waals surface area contributed by atoms with E-state index in [0.29, 0.717) is 0 Å². The van der Waals surface area contributed by atoms with Gasteiger partial charge in [0.25, 0.3) is 0 Å². The van der Waals surface area contributed by atoms with Crippen LogP contribution in [0.15, 0.2) is 231 Å². The van der Waals surface area contributed by atoms with Crippen molar-refractivity contribution in [1.82, 2.24) is 24.9 Å². The number of carbonyl (C=O) groups is 3. The maximum absolute atomic E-state index is 10.1. The molecule has 5 aromatic heterocycles. The second kappa shape index (κ2) is 38.8. The van der Waals surface area contributed by atoms with Crippen LogP contribution in [-0.2, 0) is 125 Å². The number of rotatable bonds is 8. The van der Waals surface area contributed by atoms with Crippen molar-refractivity contribution in [3.05, 3.63) is 322 Å². The molecule has 15 heteroatoms. The van der Waals surface area contributed by atoms with Crippen LogP contribution in [0.2, 0.25) is 0 Å². The predicted molar refractivity (Wildman–Crippen MR) is 348 cm³/mol. The number of aliphatic hydroxyl groups is 2. The van der Waals surface area contributed by atoms with Crippen molar-refractivity contribution in [2.75, 3.05) is 0 Å². The van der Waals surface area contributed by atoms with Gasteiger partial charge in [-0.15, -0.1) is 28.3 Å². The van der Waals surface area contributed by atoms with Gasteiger partial charge in [0, 0.05) is 162 Å². The third-order valence-corrected chi connectivity index (χ3v) is 16.0. The van der Waals surface area contributed by atoms with Gasteiger partial charge in [-0.1, -0.05) is 75.9 Å². The van der Waals surface area contributed by atoms with E-state index >= 15 is 0 Å². The van der Waals surface area contributed by atoms with Crippen LogP contribution >= 0.6 is 0 Å². The minimum atomic E-state index is -0.990. The fourth-order valence-corrected chi connectivity index (χ4v) is 11.6. The van der Waals surface area contributed by atoms with Crippen LogP contribution in [0.3, 0.4) is 0 Å². The van der Waals surface area contributed by atoms with Gasteiger partial charge in [0.15, 0.2) is 11.6 Å². The number of aromatic nitrogens is 5. The zero-order valence-electron chi connectivity index (χ0n) is 52.7. The van der Waals surface area contributed by atoms with E-state index in [1.165, 1.54) is 122 Å². The molecule has 4 aliphatic carbocycles. The number of hydrogen-bond donors (Lipinski definition) is 3. The number of carboxylic acids is 1. The fraction of sp³-hybridized carbons (Fsp3) is 0.247. The van der Waals surface area contributed by atoms with E-state index in [4.69, 9.17) is 15.3 Å². The Morgan fingerprint density at radius 3 is 1.21 bits per heavy atom. The first-order chi connectivity index (χ1) is 42.4. The normalized spacial score (nSPS) is 17.8. The molecule has 0 amide bonds. The molecule has 1 fully saturated rings. The molecule has 11 nitrogen and oxygen atoms in total. The van der Waals surface area contributed by atoms with Gasteiger partial charge in [-0.25, -0.2) is 9.78 Å². The van der Waals surface area contributed by atoms with Gasteiger partial charge < -0.3 is 15.3 Å². The monoisotopic (exact) mass is 1940 g/mol. The number of aromatic carboxylic acids is 1. The van der Waals surface area contributed by atoms with Crippen LogP contribution in [0.5, 0.6) is 0 Å². The summed E-state index contributed by atoms with van der Waals surface area (Å²) >= 11 is 0. The van der Waals surface area contributed by atoms with Crippen molar-refractivity contribution in [3.8, 4) is 0 Å². The second-order valence-electron chi connectivity index (χ2n) is 22.6. The standard InChI is InChI=1S/C16H16N.2C15H14N.C15H12N.C6H5NO2.2C5H8O2.4Ir/c1-2-8-14(9-3-1)16(11-5-6-12-16)15-10-4-7-13-17-15;3*1-15(14-8-4-5-11-16-14)10-9-12-6-2-3-7-13(12)15;8-6(9)5-3-1-2-4-7-5;2*1-4(6)3-5(2)7;;;;/h1-4,7-8,10,13H,5-6,11-12H2;2*2-6,8,11H,9-10H2,1H3;2-6,8-11H,1H3;1-4H,(H,8,9);2*3,6H,1-2H3;;;;/q4*-1;;;;;;;. The van der Waals surface area contributed by atoms with E-state index in [1.54, 1.807) is 12.1 Å². The van der Waals surface area contributed by atoms with Gasteiger partial charge in [-0.05, 0) is 121 Å². The first-order valence-electron chi connectivity index (χ1n) is 29.6. The average Bonchev–Trinajstić information content (AvgIpc) is 1.62. The topological polar surface area (TPSA) is 176 Å². The minimum Gasteiger partial charge on any atom is -0.512 e. The minimum absolute atomic E-state index is 0. The van der Waals surface area contributed by atoms with Gasteiger partial charge >= 0.3 is 5.97 Å². The van der Waals surface area contributed by atoms with Crippen molar-refractivity contribution in [2.45, 2.75) is 121 Å². The molecule has 9 aromatic rings. The van der Waals surface area contributed by atoms with Gasteiger partial charge in [-0.2, -0.15) is 120 Å². The predicted octanol–water partition coefficient (Wildman–Crippen LogP) is 16.1. The molecule has 3 N–H and O–H groups in total. The Bertz CT molecular complexity index is 3600. The summed E-state index contributed by atoms with van der Waals surface area (Å²) in [5, 5.41) is 25.0. The summed E-state index contributed by atoms with van der Waals surface area (Å²) in [4.78, 5) is 51.8. The maximum atomic E-state index is 10.1. The van der Waals surface area contributed by atoms with Crippen LogP contribution in [0.4, 0.5) is 0 Å².